The summed E-state index contributed by atoms with van der Waals surface area (Å²) in [5.41, 5.74) is 5.92. The van der Waals surface area contributed by atoms with Gasteiger partial charge in [0.25, 0.3) is 11.8 Å². The number of aliphatic hydroxyl groups is 4. The highest BCUT2D eigenvalue weighted by molar-refractivity contribution is 6.28. The molecule has 1 rings (SSSR count). The summed E-state index contributed by atoms with van der Waals surface area (Å²) in [6.45, 7) is -1.40. The molecule has 8 N–H and O–H groups in total. The van der Waals surface area contributed by atoms with Gasteiger partial charge in [-0.1, -0.05) is 0 Å². The molecule has 2 unspecified atom stereocenters. The van der Waals surface area contributed by atoms with Gasteiger partial charge in [0, 0.05) is 24.2 Å². The van der Waals surface area contributed by atoms with Crippen molar-refractivity contribution in [3.05, 3.63) is 29.3 Å². The minimum absolute atomic E-state index is 0.0522. The highest BCUT2D eigenvalue weighted by atomic mass is 35.5. The van der Waals surface area contributed by atoms with Crippen molar-refractivity contribution in [2.75, 3.05) is 32.2 Å². The number of carbonyl (C=O) groups is 2. The highest BCUT2D eigenvalue weighted by Gasteiger charge is 2.15. The Kier molecular flexibility index (Phi) is 9.68. The standard InChI is InChI=1S/C16H23ClN4O6/c17-4-14(18)21-11-2-9(15(26)19-5-12(24)7-22)1-10(3-11)16(27)20-6-13(25)8-23/h1-3,12-13,22-25H,4-8H2,(H2,18,21)(H,19,26)(H,20,27). The molecule has 11 heteroatoms. The molecule has 10 nitrogen and oxygen atoms in total. The number of aliphatic imine (C=N–C) groups is 1. The number of hydrogen-bond acceptors (Lipinski definition) is 7. The molecule has 0 saturated carbocycles. The Morgan fingerprint density at radius 2 is 1.44 bits per heavy atom. The third-order valence-corrected chi connectivity index (χ3v) is 3.54. The van der Waals surface area contributed by atoms with Gasteiger partial charge in [0.15, 0.2) is 0 Å². The maximum atomic E-state index is 12.2. The van der Waals surface area contributed by atoms with Crippen LogP contribution in [0.15, 0.2) is 23.2 Å². The molecule has 2 amide bonds. The molecule has 0 aliphatic carbocycles. The Hall–Kier alpha value is -2.24. The van der Waals surface area contributed by atoms with E-state index < -0.39 is 37.2 Å². The number of carbonyl (C=O) groups excluding carboxylic acids is 2. The third-order valence-electron chi connectivity index (χ3n) is 3.27. The highest BCUT2D eigenvalue weighted by Crippen LogP contribution is 2.18. The Labute approximate surface area is 160 Å². The van der Waals surface area contributed by atoms with Gasteiger partial charge in [-0.15, -0.1) is 11.6 Å². The number of benzene rings is 1. The molecule has 0 saturated heterocycles. The lowest BCUT2D eigenvalue weighted by Crippen LogP contribution is -2.35. The lowest BCUT2D eigenvalue weighted by atomic mass is 10.1. The zero-order valence-corrected chi connectivity index (χ0v) is 15.2. The number of rotatable bonds is 10. The molecule has 1 aromatic rings. The second kappa shape index (κ2) is 11.5. The Bertz CT molecular complexity index is 641. The van der Waals surface area contributed by atoms with Crippen molar-refractivity contribution in [2.24, 2.45) is 10.7 Å². The number of nitrogens with one attached hydrogen (secondary N) is 2. The smallest absolute Gasteiger partial charge is 0.251 e. The van der Waals surface area contributed by atoms with E-state index in [1.165, 1.54) is 18.2 Å². The van der Waals surface area contributed by atoms with Gasteiger partial charge in [-0.25, -0.2) is 4.99 Å². The first-order chi connectivity index (χ1) is 12.8. The first-order valence-electron chi connectivity index (χ1n) is 7.99. The number of amidine groups is 1. The maximum absolute atomic E-state index is 12.2. The predicted octanol–water partition coefficient (Wildman–Crippen LogP) is -1.92. The number of alkyl halides is 1. The normalized spacial score (nSPS) is 13.7. The Morgan fingerprint density at radius 1 is 1.00 bits per heavy atom. The van der Waals surface area contributed by atoms with Crippen molar-refractivity contribution in [3.8, 4) is 0 Å². The van der Waals surface area contributed by atoms with E-state index in [1.54, 1.807) is 0 Å². The van der Waals surface area contributed by atoms with E-state index in [4.69, 9.17) is 27.5 Å². The molecular weight excluding hydrogens is 380 g/mol. The summed E-state index contributed by atoms with van der Waals surface area (Å²) in [6.07, 6.45) is -2.24. The second-order valence-electron chi connectivity index (χ2n) is 5.60. The summed E-state index contributed by atoms with van der Waals surface area (Å²) in [5.74, 6) is -1.18. The van der Waals surface area contributed by atoms with Crippen molar-refractivity contribution in [3.63, 3.8) is 0 Å². The summed E-state index contributed by atoms with van der Waals surface area (Å²) in [6, 6.07) is 4.04. The van der Waals surface area contributed by atoms with E-state index in [1.807, 2.05) is 0 Å². The summed E-state index contributed by atoms with van der Waals surface area (Å²) in [7, 11) is 0. The van der Waals surface area contributed by atoms with Crippen molar-refractivity contribution < 1.29 is 30.0 Å². The Balaban J connectivity index is 3.09. The fraction of sp³-hybridized carbons (Fsp3) is 0.438. The van der Waals surface area contributed by atoms with Crippen molar-refractivity contribution in [1.29, 1.82) is 0 Å². The summed E-state index contributed by atoms with van der Waals surface area (Å²) in [4.78, 5) is 28.5. The van der Waals surface area contributed by atoms with Crippen molar-refractivity contribution >= 4 is 34.9 Å². The van der Waals surface area contributed by atoms with E-state index in [0.717, 1.165) is 0 Å². The van der Waals surface area contributed by atoms with Gasteiger partial charge in [-0.3, -0.25) is 9.59 Å². The zero-order chi connectivity index (χ0) is 20.4. The average molecular weight is 403 g/mol. The van der Waals surface area contributed by atoms with Crippen molar-refractivity contribution in [1.82, 2.24) is 10.6 Å². The number of nitrogens with two attached hydrogens (primary N) is 1. The summed E-state index contributed by atoms with van der Waals surface area (Å²) >= 11 is 5.59. The van der Waals surface area contributed by atoms with Gasteiger partial charge >= 0.3 is 0 Å². The monoisotopic (exact) mass is 402 g/mol. The van der Waals surface area contributed by atoms with Crippen LogP contribution in [0.2, 0.25) is 0 Å². The third kappa shape index (κ3) is 7.89. The van der Waals surface area contributed by atoms with E-state index in [-0.39, 0.29) is 41.6 Å². The predicted molar refractivity (Wildman–Crippen MR) is 99.3 cm³/mol. The van der Waals surface area contributed by atoms with Gasteiger partial charge in [-0.2, -0.15) is 0 Å². The van der Waals surface area contributed by atoms with Crippen LogP contribution in [-0.4, -0.2) is 82.5 Å². The molecule has 0 spiro atoms. The second-order valence-corrected chi connectivity index (χ2v) is 5.87. The topological polar surface area (TPSA) is 177 Å². The molecule has 1 aromatic carbocycles. The quantitative estimate of drug-likeness (QED) is 0.135. The molecule has 27 heavy (non-hydrogen) atoms. The molecule has 0 aliphatic heterocycles. The van der Waals surface area contributed by atoms with E-state index in [9.17, 15) is 19.8 Å². The van der Waals surface area contributed by atoms with Crippen LogP contribution in [0.4, 0.5) is 5.69 Å². The molecule has 0 aromatic heterocycles. The molecule has 0 bridgehead atoms. The van der Waals surface area contributed by atoms with Gasteiger partial charge in [0.05, 0.1) is 37.0 Å². The lowest BCUT2D eigenvalue weighted by molar-refractivity contribution is 0.0800. The summed E-state index contributed by atoms with van der Waals surface area (Å²) < 4.78 is 0. The van der Waals surface area contributed by atoms with Gasteiger partial charge < -0.3 is 36.8 Å². The summed E-state index contributed by atoms with van der Waals surface area (Å²) in [5, 5.41) is 41.0. The van der Waals surface area contributed by atoms with E-state index in [2.05, 4.69) is 15.6 Å². The van der Waals surface area contributed by atoms with Gasteiger partial charge in [0.1, 0.15) is 5.84 Å². The van der Waals surface area contributed by atoms with Crippen LogP contribution in [-0.2, 0) is 0 Å². The average Bonchev–Trinajstić information content (AvgIpc) is 2.68. The van der Waals surface area contributed by atoms with Crippen LogP contribution < -0.4 is 16.4 Å². The molecule has 150 valence electrons. The largest absolute Gasteiger partial charge is 0.394 e. The minimum atomic E-state index is -1.12. The van der Waals surface area contributed by atoms with E-state index >= 15 is 0 Å². The van der Waals surface area contributed by atoms with Crippen LogP contribution in [0, 0.1) is 0 Å². The number of hydrogen-bond donors (Lipinski definition) is 7. The fourth-order valence-corrected chi connectivity index (χ4v) is 1.95. The maximum Gasteiger partial charge on any atom is 0.251 e. The van der Waals surface area contributed by atoms with Crippen molar-refractivity contribution in [2.45, 2.75) is 12.2 Å². The first kappa shape index (κ1) is 22.8. The van der Waals surface area contributed by atoms with E-state index in [0.29, 0.717) is 0 Å². The lowest BCUT2D eigenvalue weighted by Gasteiger charge is -2.12. The molecule has 0 aliphatic rings. The number of aliphatic hydroxyl groups excluding tert-OH is 4. The molecular formula is C16H23ClN4O6. The first-order valence-corrected chi connectivity index (χ1v) is 8.52. The van der Waals surface area contributed by atoms with Gasteiger partial charge in [0.2, 0.25) is 0 Å². The molecule has 2 atom stereocenters. The minimum Gasteiger partial charge on any atom is -0.394 e. The fourth-order valence-electron chi connectivity index (χ4n) is 1.89. The zero-order valence-electron chi connectivity index (χ0n) is 14.4. The Morgan fingerprint density at radius 3 is 1.81 bits per heavy atom. The van der Waals surface area contributed by atoms with Crippen LogP contribution >= 0.6 is 11.6 Å². The van der Waals surface area contributed by atoms with Gasteiger partial charge in [-0.05, 0) is 18.2 Å². The SMILES string of the molecule is NC(CCl)=Nc1cc(C(=O)NCC(O)CO)cc(C(=O)NCC(O)CO)c1. The van der Waals surface area contributed by atoms with Crippen LogP contribution in [0.1, 0.15) is 20.7 Å². The number of nitrogens with zero attached hydrogens (tertiary/aromatic N) is 1. The molecule has 0 heterocycles. The number of amides is 2. The van der Waals surface area contributed by atoms with Crippen LogP contribution in [0.5, 0.6) is 0 Å². The number of halogens is 1. The molecule has 0 fully saturated rings. The van der Waals surface area contributed by atoms with Crippen LogP contribution in [0.3, 0.4) is 0 Å². The van der Waals surface area contributed by atoms with Crippen LogP contribution in [0.25, 0.3) is 0 Å². The molecule has 0 radical (unpaired) electrons.